The number of carbonyl (C=O) groups is 1. The van der Waals surface area contributed by atoms with Gasteiger partial charge >= 0.3 is 6.03 Å². The molecule has 4 rings (SSSR count). The van der Waals surface area contributed by atoms with Crippen LogP contribution in [0.3, 0.4) is 0 Å². The Morgan fingerprint density at radius 3 is 2.36 bits per heavy atom. The molecule has 0 unspecified atom stereocenters. The maximum absolute atomic E-state index is 11.7. The number of carbonyl (C=O) groups excluding carboxylic acids is 1. The summed E-state index contributed by atoms with van der Waals surface area (Å²) < 4.78 is 13.9. The quantitative estimate of drug-likeness (QED) is 0.345. The number of ether oxygens (including phenoxy) is 2. The lowest BCUT2D eigenvalue weighted by molar-refractivity contribution is -0.268. The maximum Gasteiger partial charge on any atom is 0.315 e. The van der Waals surface area contributed by atoms with E-state index in [0.29, 0.717) is 13.1 Å². The van der Waals surface area contributed by atoms with Gasteiger partial charge < -0.3 is 25.2 Å². The van der Waals surface area contributed by atoms with E-state index >= 15 is 0 Å². The molecule has 3 aromatic rings. The molecule has 1 saturated heterocycles. The summed E-state index contributed by atoms with van der Waals surface area (Å²) in [5.74, 6) is 0.832. The number of nitrogens with zero attached hydrogens (tertiary/aromatic N) is 2. The van der Waals surface area contributed by atoms with Crippen LogP contribution < -0.4 is 10.6 Å². The van der Waals surface area contributed by atoms with Gasteiger partial charge in [0.05, 0.1) is 18.8 Å². The number of aliphatic hydroxyl groups is 1. The second-order valence-electron chi connectivity index (χ2n) is 8.67. The smallest absolute Gasteiger partial charge is 0.315 e. The van der Waals surface area contributed by atoms with Gasteiger partial charge in [-0.1, -0.05) is 78.6 Å². The van der Waals surface area contributed by atoms with Crippen LogP contribution in [0.25, 0.3) is 0 Å². The highest BCUT2D eigenvalue weighted by Gasteiger charge is 2.38. The Labute approximate surface area is 219 Å². The molecule has 8 nitrogen and oxygen atoms in total. The minimum absolute atomic E-state index is 0.00886. The van der Waals surface area contributed by atoms with Gasteiger partial charge in [-0.15, -0.1) is 10.2 Å². The highest BCUT2D eigenvalue weighted by atomic mass is 32.2. The molecule has 0 saturated carbocycles. The first-order valence-corrected chi connectivity index (χ1v) is 13.8. The first-order chi connectivity index (χ1) is 17.5. The van der Waals surface area contributed by atoms with Crippen molar-refractivity contribution < 1.29 is 19.4 Å². The molecule has 2 amide bonds. The van der Waals surface area contributed by atoms with Crippen molar-refractivity contribution in [3.63, 3.8) is 0 Å². The van der Waals surface area contributed by atoms with E-state index in [9.17, 15) is 9.90 Å². The van der Waals surface area contributed by atoms with Gasteiger partial charge in [0, 0.05) is 30.3 Å². The van der Waals surface area contributed by atoms with Crippen molar-refractivity contribution >= 4 is 29.1 Å². The lowest BCUT2D eigenvalue weighted by Gasteiger charge is -2.41. The fourth-order valence-electron chi connectivity index (χ4n) is 4.00. The molecule has 36 heavy (non-hydrogen) atoms. The van der Waals surface area contributed by atoms with Crippen molar-refractivity contribution in [2.45, 2.75) is 56.8 Å². The molecule has 4 atom stereocenters. The molecule has 3 N–H and O–H groups in total. The van der Waals surface area contributed by atoms with Gasteiger partial charge in [-0.05, 0) is 30.5 Å². The van der Waals surface area contributed by atoms with Gasteiger partial charge in [0.1, 0.15) is 5.01 Å². The summed E-state index contributed by atoms with van der Waals surface area (Å²) in [4.78, 5) is 11.7. The molecule has 0 bridgehead atoms. The Bertz CT molecular complexity index is 1120. The zero-order valence-corrected chi connectivity index (χ0v) is 22.3. The summed E-state index contributed by atoms with van der Waals surface area (Å²) in [5.41, 5.74) is 3.83. The van der Waals surface area contributed by atoms with E-state index in [0.717, 1.165) is 37.4 Å². The average molecular weight is 529 g/mol. The Morgan fingerprint density at radius 2 is 1.72 bits per heavy atom. The zero-order valence-electron chi connectivity index (χ0n) is 20.6. The molecule has 1 aliphatic heterocycles. The number of aromatic nitrogens is 2. The van der Waals surface area contributed by atoms with Gasteiger partial charge in [0.25, 0.3) is 0 Å². The molecule has 192 valence electrons. The van der Waals surface area contributed by atoms with E-state index in [-0.39, 0.29) is 30.8 Å². The summed E-state index contributed by atoms with van der Waals surface area (Å²) in [6, 6.07) is 15.6. The van der Waals surface area contributed by atoms with E-state index < -0.39 is 6.29 Å². The Balaban J connectivity index is 1.50. The Kier molecular flexibility index (Phi) is 9.33. The van der Waals surface area contributed by atoms with Crippen molar-refractivity contribution in [3.05, 3.63) is 75.8 Å². The number of hydrogen-bond acceptors (Lipinski definition) is 8. The van der Waals surface area contributed by atoms with Crippen molar-refractivity contribution in [3.8, 4) is 0 Å². The van der Waals surface area contributed by atoms with Crippen LogP contribution in [0, 0.1) is 12.8 Å². The number of benzene rings is 2. The Morgan fingerprint density at radius 1 is 1.03 bits per heavy atom. The number of hydrogen-bond donors (Lipinski definition) is 3. The molecule has 10 heteroatoms. The summed E-state index contributed by atoms with van der Waals surface area (Å²) in [6.07, 6.45) is -0.771. The zero-order chi connectivity index (χ0) is 25.5. The van der Waals surface area contributed by atoms with Gasteiger partial charge in [0.15, 0.2) is 10.6 Å². The number of rotatable bonds is 9. The minimum atomic E-state index is -0.532. The van der Waals surface area contributed by atoms with E-state index in [4.69, 9.17) is 9.47 Å². The summed E-state index contributed by atoms with van der Waals surface area (Å²) >= 11 is 3.24. The molecule has 1 aliphatic rings. The fraction of sp³-hybridized carbons (Fsp3) is 0.423. The number of urea groups is 1. The highest BCUT2D eigenvalue weighted by molar-refractivity contribution is 8.01. The number of aryl methyl sites for hydroxylation is 1. The number of amides is 2. The molecule has 2 heterocycles. The van der Waals surface area contributed by atoms with Gasteiger partial charge in [-0.3, -0.25) is 0 Å². The van der Waals surface area contributed by atoms with Crippen molar-refractivity contribution in [2.24, 2.45) is 5.92 Å². The summed E-state index contributed by atoms with van der Waals surface area (Å²) in [6.45, 7) is 7.01. The van der Waals surface area contributed by atoms with Crippen LogP contribution in [-0.4, -0.2) is 39.7 Å². The van der Waals surface area contributed by atoms with Gasteiger partial charge in [-0.25, -0.2) is 4.79 Å². The largest absolute Gasteiger partial charge is 0.392 e. The molecule has 0 radical (unpaired) electrons. The third kappa shape index (κ3) is 6.83. The number of aliphatic hydroxyl groups excluding tert-OH is 1. The maximum atomic E-state index is 11.7. The summed E-state index contributed by atoms with van der Waals surface area (Å²) in [7, 11) is 0. The molecule has 0 spiro atoms. The van der Waals surface area contributed by atoms with Crippen LogP contribution in [0.4, 0.5) is 4.79 Å². The molecule has 1 aromatic heterocycles. The van der Waals surface area contributed by atoms with Crippen LogP contribution in [-0.2, 0) is 22.6 Å². The lowest BCUT2D eigenvalue weighted by atomic mass is 9.91. The van der Waals surface area contributed by atoms with E-state index in [1.54, 1.807) is 23.1 Å². The first-order valence-electron chi connectivity index (χ1n) is 12.0. The van der Waals surface area contributed by atoms with Gasteiger partial charge in [0.2, 0.25) is 0 Å². The molecular weight excluding hydrogens is 496 g/mol. The third-order valence-corrected chi connectivity index (χ3v) is 8.10. The normalized spacial score (nSPS) is 21.8. The number of thioether (sulfide) groups is 1. The van der Waals surface area contributed by atoms with Crippen molar-refractivity contribution in [1.82, 2.24) is 20.8 Å². The standard InChI is InChI=1S/C26H32N4O4S2/c1-4-27-25(32)28-13-18-5-11-21(12-6-18)24-33-22(15-35-26-30-29-17(3)36-26)16(2)23(34-24)20-9-7-19(14-31)8-10-20/h5-12,16,22-24,31H,4,13-15H2,1-3H3,(H2,27,28,32)/t16-,22+,23+,24+/m1/s1. The third-order valence-electron chi connectivity index (χ3n) is 6.04. The van der Waals surface area contributed by atoms with Crippen molar-refractivity contribution in [2.75, 3.05) is 12.3 Å². The van der Waals surface area contributed by atoms with Crippen LogP contribution in [0.1, 0.15) is 53.5 Å². The molecule has 1 fully saturated rings. The average Bonchev–Trinajstić information content (AvgIpc) is 3.32. The topological polar surface area (TPSA) is 106 Å². The predicted octanol–water partition coefficient (Wildman–Crippen LogP) is 4.74. The predicted molar refractivity (Wildman–Crippen MR) is 141 cm³/mol. The first kappa shape index (κ1) is 26.6. The minimum Gasteiger partial charge on any atom is -0.392 e. The lowest BCUT2D eigenvalue weighted by Crippen LogP contribution is -2.38. The van der Waals surface area contributed by atoms with Crippen LogP contribution in [0.5, 0.6) is 0 Å². The molecular formula is C26H32N4O4S2. The van der Waals surface area contributed by atoms with Crippen molar-refractivity contribution in [1.29, 1.82) is 0 Å². The van der Waals surface area contributed by atoms with Crippen LogP contribution in [0.15, 0.2) is 52.9 Å². The fourth-order valence-corrected chi connectivity index (χ4v) is 6.00. The van der Waals surface area contributed by atoms with Gasteiger partial charge in [-0.2, -0.15) is 0 Å². The highest BCUT2D eigenvalue weighted by Crippen LogP contribution is 2.43. The molecule has 0 aliphatic carbocycles. The van der Waals surface area contributed by atoms with E-state index in [2.05, 4.69) is 27.8 Å². The SMILES string of the molecule is CCNC(=O)NCc1ccc([C@H]2O[C@@H](CSc3nnc(C)s3)[C@@H](C)[C@@H](c3ccc(CO)cc3)O2)cc1. The van der Waals surface area contributed by atoms with E-state index in [1.165, 1.54) is 0 Å². The van der Waals surface area contributed by atoms with Crippen LogP contribution in [0.2, 0.25) is 0 Å². The Hall–Kier alpha value is -2.50. The van der Waals surface area contributed by atoms with E-state index in [1.807, 2.05) is 62.4 Å². The monoisotopic (exact) mass is 528 g/mol. The summed E-state index contributed by atoms with van der Waals surface area (Å²) in [5, 5.41) is 24.3. The van der Waals surface area contributed by atoms with Crippen LogP contribution >= 0.6 is 23.1 Å². The number of nitrogens with one attached hydrogen (secondary N) is 2. The molecule has 2 aromatic carbocycles. The second kappa shape index (κ2) is 12.6. The second-order valence-corrected chi connectivity index (χ2v) is 11.1.